The van der Waals surface area contributed by atoms with E-state index in [0.717, 1.165) is 30.5 Å². The van der Waals surface area contributed by atoms with Gasteiger partial charge in [-0.3, -0.25) is 4.79 Å². The molecule has 1 aromatic carbocycles. The molecule has 66 valence electrons. The molecule has 0 atom stereocenters. The summed E-state index contributed by atoms with van der Waals surface area (Å²) in [5.41, 5.74) is 6.52. The first kappa shape index (κ1) is 8.96. The number of hydrogen-bond donors (Lipinski definition) is 1. The molecule has 2 nitrogen and oxygen atoms in total. The van der Waals surface area contributed by atoms with E-state index in [2.05, 4.69) is 22.6 Å². The maximum atomic E-state index is 10.5. The highest BCUT2D eigenvalue weighted by Crippen LogP contribution is 2.32. The number of anilines is 1. The predicted molar refractivity (Wildman–Crippen MR) is 64.3 cm³/mol. The van der Waals surface area contributed by atoms with Crippen molar-refractivity contribution in [2.45, 2.75) is 0 Å². The van der Waals surface area contributed by atoms with Crippen LogP contribution in [-0.2, 0) is 0 Å². The fraction of sp³-hybridized carbons (Fsp3) is 0. The number of nitrogen functional groups attached to an aromatic ring is 1. The van der Waals surface area contributed by atoms with Gasteiger partial charge in [-0.05, 0) is 40.1 Å². The van der Waals surface area contributed by atoms with Gasteiger partial charge in [0, 0.05) is 5.69 Å². The molecule has 2 rings (SSSR count). The second-order valence-electron chi connectivity index (χ2n) is 2.65. The van der Waals surface area contributed by atoms with E-state index in [-0.39, 0.29) is 0 Å². The number of benzene rings is 1. The van der Waals surface area contributed by atoms with Crippen LogP contribution in [0.2, 0.25) is 0 Å². The van der Waals surface area contributed by atoms with Crippen molar-refractivity contribution in [2.24, 2.45) is 0 Å². The van der Waals surface area contributed by atoms with Crippen LogP contribution in [0.5, 0.6) is 0 Å². The smallest absolute Gasteiger partial charge is 0.160 e. The van der Waals surface area contributed by atoms with E-state index in [1.54, 1.807) is 0 Å². The highest BCUT2D eigenvalue weighted by molar-refractivity contribution is 14.1. The second kappa shape index (κ2) is 3.26. The quantitative estimate of drug-likeness (QED) is 0.500. The summed E-state index contributed by atoms with van der Waals surface area (Å²) in [6.45, 7) is 0. The molecule has 0 fully saturated rings. The highest BCUT2D eigenvalue weighted by Gasteiger charge is 2.06. The molecule has 0 aliphatic heterocycles. The third-order valence-corrected chi connectivity index (χ3v) is 4.41. The number of carbonyl (C=O) groups excluding carboxylic acids is 1. The molecule has 0 spiro atoms. The zero-order valence-corrected chi connectivity index (χ0v) is 9.56. The molecule has 0 saturated carbocycles. The molecule has 0 bridgehead atoms. The molecule has 0 unspecified atom stereocenters. The second-order valence-corrected chi connectivity index (χ2v) is 4.82. The summed E-state index contributed by atoms with van der Waals surface area (Å²) >= 11 is 3.68. The lowest BCUT2D eigenvalue weighted by Gasteiger charge is -1.97. The summed E-state index contributed by atoms with van der Waals surface area (Å²) in [5.74, 6) is 0. The van der Waals surface area contributed by atoms with Crippen LogP contribution in [0.4, 0.5) is 5.69 Å². The minimum absolute atomic E-state index is 0.749. The van der Waals surface area contributed by atoms with Gasteiger partial charge in [-0.1, -0.05) is 6.07 Å². The first-order valence-electron chi connectivity index (χ1n) is 3.65. The number of halogens is 1. The van der Waals surface area contributed by atoms with Crippen molar-refractivity contribution in [1.82, 2.24) is 0 Å². The molecule has 0 aliphatic rings. The van der Waals surface area contributed by atoms with Crippen LogP contribution in [0, 0.1) is 3.57 Å². The van der Waals surface area contributed by atoms with Gasteiger partial charge in [0.1, 0.15) is 0 Å². The normalized spacial score (nSPS) is 10.5. The molecular formula is C9H6INOS. The van der Waals surface area contributed by atoms with Crippen molar-refractivity contribution in [3.8, 4) is 0 Å². The maximum Gasteiger partial charge on any atom is 0.160 e. The molecule has 2 N–H and O–H groups in total. The minimum atomic E-state index is 0.749. The summed E-state index contributed by atoms with van der Waals surface area (Å²) in [6.07, 6.45) is 0.872. The lowest BCUT2D eigenvalue weighted by atomic mass is 10.2. The van der Waals surface area contributed by atoms with Crippen LogP contribution < -0.4 is 5.73 Å². The number of thiophene rings is 1. The van der Waals surface area contributed by atoms with Crippen LogP contribution >= 0.6 is 33.9 Å². The Morgan fingerprint density at radius 1 is 1.46 bits per heavy atom. The molecule has 0 amide bonds. The Morgan fingerprint density at radius 3 is 2.92 bits per heavy atom. The zero-order chi connectivity index (χ0) is 9.42. The van der Waals surface area contributed by atoms with Crippen molar-refractivity contribution in [2.75, 3.05) is 5.73 Å². The molecule has 2 aromatic rings. The number of nitrogens with two attached hydrogens (primary N) is 1. The van der Waals surface area contributed by atoms with Crippen molar-refractivity contribution in [3.63, 3.8) is 0 Å². The maximum absolute atomic E-state index is 10.5. The summed E-state index contributed by atoms with van der Waals surface area (Å²) in [6, 6.07) is 5.69. The highest BCUT2D eigenvalue weighted by atomic mass is 127. The van der Waals surface area contributed by atoms with Gasteiger partial charge in [0.15, 0.2) is 6.29 Å². The fourth-order valence-corrected chi connectivity index (χ4v) is 2.91. The third kappa shape index (κ3) is 1.44. The average Bonchev–Trinajstić information content (AvgIpc) is 2.55. The van der Waals surface area contributed by atoms with Crippen LogP contribution in [0.3, 0.4) is 0 Å². The predicted octanol–water partition coefficient (Wildman–Crippen LogP) is 2.90. The van der Waals surface area contributed by atoms with E-state index in [0.29, 0.717) is 0 Å². The molecule has 1 heterocycles. The van der Waals surface area contributed by atoms with Gasteiger partial charge in [-0.15, -0.1) is 11.3 Å². The van der Waals surface area contributed by atoms with Crippen LogP contribution in [-0.4, -0.2) is 6.29 Å². The molecule has 1 aromatic heterocycles. The summed E-state index contributed by atoms with van der Waals surface area (Å²) in [5, 5.41) is 1.09. The van der Waals surface area contributed by atoms with Gasteiger partial charge < -0.3 is 5.73 Å². The van der Waals surface area contributed by atoms with Crippen molar-refractivity contribution in [1.29, 1.82) is 0 Å². The van der Waals surface area contributed by atoms with Crippen molar-refractivity contribution >= 4 is 56.0 Å². The fourth-order valence-electron chi connectivity index (χ4n) is 1.16. The van der Waals surface area contributed by atoms with E-state index < -0.39 is 0 Å². The van der Waals surface area contributed by atoms with Crippen LogP contribution in [0.1, 0.15) is 9.67 Å². The van der Waals surface area contributed by atoms with Gasteiger partial charge in [-0.2, -0.15) is 0 Å². The SMILES string of the molecule is Nc1ccc2cc(C=O)sc2c1I. The average molecular weight is 303 g/mol. The van der Waals surface area contributed by atoms with Crippen molar-refractivity contribution in [3.05, 3.63) is 26.6 Å². The van der Waals surface area contributed by atoms with Gasteiger partial charge in [-0.25, -0.2) is 0 Å². The van der Waals surface area contributed by atoms with Gasteiger partial charge in [0.25, 0.3) is 0 Å². The molecule has 4 heteroatoms. The van der Waals surface area contributed by atoms with E-state index in [4.69, 9.17) is 5.73 Å². The summed E-state index contributed by atoms with van der Waals surface area (Å²) < 4.78 is 2.14. The number of fused-ring (bicyclic) bond motifs is 1. The van der Waals surface area contributed by atoms with Gasteiger partial charge in [0.2, 0.25) is 0 Å². The summed E-state index contributed by atoms with van der Waals surface area (Å²) in [7, 11) is 0. The van der Waals surface area contributed by atoms with Crippen molar-refractivity contribution < 1.29 is 4.79 Å². The lowest BCUT2D eigenvalue weighted by molar-refractivity contribution is 0.112. The Morgan fingerprint density at radius 2 is 2.23 bits per heavy atom. The van der Waals surface area contributed by atoms with Gasteiger partial charge in [0.05, 0.1) is 13.1 Å². The van der Waals surface area contributed by atoms with Gasteiger partial charge >= 0.3 is 0 Å². The third-order valence-electron chi connectivity index (χ3n) is 1.79. The Labute approximate surface area is 92.9 Å². The Kier molecular flexibility index (Phi) is 2.25. The molecule has 13 heavy (non-hydrogen) atoms. The van der Waals surface area contributed by atoms with Crippen LogP contribution in [0.25, 0.3) is 10.1 Å². The van der Waals surface area contributed by atoms with E-state index in [1.807, 2.05) is 18.2 Å². The minimum Gasteiger partial charge on any atom is -0.398 e. The number of carbonyl (C=O) groups is 1. The topological polar surface area (TPSA) is 43.1 Å². The van der Waals surface area contributed by atoms with E-state index >= 15 is 0 Å². The molecular weight excluding hydrogens is 297 g/mol. The Bertz CT molecular complexity index is 478. The first-order valence-corrected chi connectivity index (χ1v) is 5.54. The zero-order valence-electron chi connectivity index (χ0n) is 6.58. The number of aldehydes is 1. The van der Waals surface area contributed by atoms with Crippen LogP contribution in [0.15, 0.2) is 18.2 Å². The number of rotatable bonds is 1. The summed E-state index contributed by atoms with van der Waals surface area (Å²) in [4.78, 5) is 11.3. The lowest BCUT2D eigenvalue weighted by Crippen LogP contribution is -1.87. The van der Waals surface area contributed by atoms with E-state index in [9.17, 15) is 4.79 Å². The van der Waals surface area contributed by atoms with E-state index in [1.165, 1.54) is 11.3 Å². The molecule has 0 radical (unpaired) electrons. The molecule has 0 aliphatic carbocycles. The monoisotopic (exact) mass is 303 g/mol. The largest absolute Gasteiger partial charge is 0.398 e. The Balaban J connectivity index is 2.83. The standard InChI is InChI=1S/C9H6INOS/c10-8-7(11)2-1-5-3-6(4-12)13-9(5)8/h1-4H,11H2. The Hall–Kier alpha value is -0.620. The molecule has 0 saturated heterocycles. The number of hydrogen-bond acceptors (Lipinski definition) is 3. The first-order chi connectivity index (χ1) is 6.22.